The molecule has 0 N–H and O–H groups in total. The summed E-state index contributed by atoms with van der Waals surface area (Å²) in [6, 6.07) is -0.0173. The van der Waals surface area contributed by atoms with Crippen molar-refractivity contribution in [3.63, 3.8) is 0 Å². The Morgan fingerprint density at radius 3 is 1.71 bits per heavy atom. The number of esters is 1. The lowest BCUT2D eigenvalue weighted by atomic mass is 10.0. The Balaban J connectivity index is 3.96. The fraction of sp³-hybridized carbons (Fsp3) is 0.952. The summed E-state index contributed by atoms with van der Waals surface area (Å²) in [5, 5.41) is 0. The maximum absolute atomic E-state index is 12.5. The predicted molar refractivity (Wildman–Crippen MR) is 104 cm³/mol. The molecule has 0 bridgehead atoms. The predicted octanol–water partition coefficient (Wildman–Crippen LogP) is 5.72. The van der Waals surface area contributed by atoms with Gasteiger partial charge in [0.2, 0.25) is 0 Å². The molecule has 0 radical (unpaired) electrons. The van der Waals surface area contributed by atoms with E-state index in [1.807, 2.05) is 0 Å². The lowest BCUT2D eigenvalue weighted by molar-refractivity contribution is -0.887. The molecule has 0 aliphatic heterocycles. The van der Waals surface area contributed by atoms with Crippen molar-refractivity contribution in [2.45, 2.75) is 103 Å². The molecule has 0 aromatic heterocycles. The molecule has 0 heterocycles. The second-order valence-corrected chi connectivity index (χ2v) is 8.12. The average molecular weight is 343 g/mol. The Kier molecular flexibility index (Phi) is 14.4. The zero-order chi connectivity index (χ0) is 18.3. The van der Waals surface area contributed by atoms with Crippen LogP contribution in [0.5, 0.6) is 0 Å². The van der Waals surface area contributed by atoms with Crippen molar-refractivity contribution in [2.24, 2.45) is 0 Å². The maximum Gasteiger partial charge on any atom is 0.364 e. The van der Waals surface area contributed by atoms with Crippen molar-refractivity contribution in [3.05, 3.63) is 0 Å². The van der Waals surface area contributed by atoms with E-state index in [1.165, 1.54) is 64.2 Å². The monoisotopic (exact) mass is 342 g/mol. The number of quaternary nitrogens is 1. The highest BCUT2D eigenvalue weighted by Crippen LogP contribution is 2.16. The van der Waals surface area contributed by atoms with Crippen molar-refractivity contribution in [2.75, 3.05) is 27.7 Å². The van der Waals surface area contributed by atoms with E-state index in [-0.39, 0.29) is 12.0 Å². The number of carbonyl (C=O) groups is 1. The molecule has 0 saturated heterocycles. The molecule has 0 spiro atoms. The van der Waals surface area contributed by atoms with Crippen LogP contribution in [0.1, 0.15) is 97.3 Å². The van der Waals surface area contributed by atoms with Gasteiger partial charge in [-0.3, -0.25) is 0 Å². The van der Waals surface area contributed by atoms with E-state index in [0.717, 1.165) is 19.3 Å². The first-order valence-corrected chi connectivity index (χ1v) is 10.4. The Morgan fingerprint density at radius 2 is 1.21 bits per heavy atom. The van der Waals surface area contributed by atoms with Crippen molar-refractivity contribution < 1.29 is 14.0 Å². The van der Waals surface area contributed by atoms with E-state index >= 15 is 0 Å². The minimum absolute atomic E-state index is 0.00427. The molecule has 144 valence electrons. The molecule has 0 fully saturated rings. The number of hydrogen-bond donors (Lipinski definition) is 0. The topological polar surface area (TPSA) is 26.3 Å². The van der Waals surface area contributed by atoms with Gasteiger partial charge in [0.15, 0.2) is 6.04 Å². The minimum Gasteiger partial charge on any atom is -0.461 e. The first kappa shape index (κ1) is 23.4. The Bertz CT molecular complexity index is 297. The van der Waals surface area contributed by atoms with Crippen molar-refractivity contribution in [1.29, 1.82) is 0 Å². The van der Waals surface area contributed by atoms with Gasteiger partial charge in [0.1, 0.15) is 0 Å². The van der Waals surface area contributed by atoms with Crippen molar-refractivity contribution in [3.8, 4) is 0 Å². The molecule has 1 unspecified atom stereocenters. The highest BCUT2D eigenvalue weighted by Gasteiger charge is 2.32. The molecular weight excluding hydrogens is 298 g/mol. The molecule has 3 nitrogen and oxygen atoms in total. The number of rotatable bonds is 16. The lowest BCUT2D eigenvalue weighted by Crippen LogP contribution is -2.50. The van der Waals surface area contributed by atoms with Crippen LogP contribution in [0.3, 0.4) is 0 Å². The first-order chi connectivity index (χ1) is 11.4. The zero-order valence-corrected chi connectivity index (χ0v) is 17.2. The molecule has 0 rings (SSSR count). The van der Waals surface area contributed by atoms with Crippen LogP contribution in [0, 0.1) is 0 Å². The van der Waals surface area contributed by atoms with E-state index in [0.29, 0.717) is 11.1 Å². The third-order valence-corrected chi connectivity index (χ3v) is 4.78. The molecule has 0 aromatic rings. The Morgan fingerprint density at radius 1 is 0.750 bits per heavy atom. The summed E-state index contributed by atoms with van der Waals surface area (Å²) < 4.78 is 6.25. The maximum atomic E-state index is 12.5. The lowest BCUT2D eigenvalue weighted by Gasteiger charge is -2.32. The van der Waals surface area contributed by atoms with E-state index in [2.05, 4.69) is 35.0 Å². The van der Waals surface area contributed by atoms with E-state index in [9.17, 15) is 4.79 Å². The molecule has 1 atom stereocenters. The van der Waals surface area contributed by atoms with Gasteiger partial charge in [0.05, 0.1) is 27.7 Å². The van der Waals surface area contributed by atoms with Crippen molar-refractivity contribution >= 4 is 5.97 Å². The summed E-state index contributed by atoms with van der Waals surface area (Å²) in [5.74, 6) is 0.00427. The smallest absolute Gasteiger partial charge is 0.364 e. The number of hydrogen-bond acceptors (Lipinski definition) is 2. The van der Waals surface area contributed by atoms with Gasteiger partial charge in [0.25, 0.3) is 0 Å². The van der Waals surface area contributed by atoms with Gasteiger partial charge in [-0.15, -0.1) is 0 Å². The minimum atomic E-state index is -0.0173. The van der Waals surface area contributed by atoms with E-state index < -0.39 is 0 Å². The Labute approximate surface area is 151 Å². The number of ether oxygens (including phenoxy) is 1. The van der Waals surface area contributed by atoms with Crippen LogP contribution in [0.4, 0.5) is 0 Å². The third-order valence-electron chi connectivity index (χ3n) is 4.78. The normalized spacial score (nSPS) is 13.0. The zero-order valence-electron chi connectivity index (χ0n) is 17.2. The summed E-state index contributed by atoms with van der Waals surface area (Å²) >= 11 is 0. The molecule has 0 amide bonds. The van der Waals surface area contributed by atoms with Crippen LogP contribution in [0.2, 0.25) is 0 Å². The van der Waals surface area contributed by atoms with Gasteiger partial charge in [-0.2, -0.15) is 0 Å². The van der Waals surface area contributed by atoms with Crippen LogP contribution < -0.4 is 0 Å². The second-order valence-electron chi connectivity index (χ2n) is 8.12. The highest BCUT2D eigenvalue weighted by atomic mass is 16.5. The van der Waals surface area contributed by atoms with E-state index in [1.54, 1.807) is 0 Å². The van der Waals surface area contributed by atoms with Crippen LogP contribution in [0.15, 0.2) is 0 Å². The van der Waals surface area contributed by atoms with E-state index in [4.69, 9.17) is 4.74 Å². The molecule has 0 aliphatic carbocycles. The fourth-order valence-electron chi connectivity index (χ4n) is 3.09. The summed E-state index contributed by atoms with van der Waals surface area (Å²) in [4.78, 5) is 12.5. The average Bonchev–Trinajstić information content (AvgIpc) is 2.52. The van der Waals surface area contributed by atoms with Crippen LogP contribution in [0.25, 0.3) is 0 Å². The van der Waals surface area contributed by atoms with Crippen LogP contribution >= 0.6 is 0 Å². The quantitative estimate of drug-likeness (QED) is 0.204. The fourth-order valence-corrected chi connectivity index (χ4v) is 3.09. The SMILES string of the molecule is CCCCCCCCOC(=O)C(CCCCCCCC)[N+](C)(C)C. The largest absolute Gasteiger partial charge is 0.461 e. The van der Waals surface area contributed by atoms with Crippen molar-refractivity contribution in [1.82, 2.24) is 0 Å². The van der Waals surface area contributed by atoms with Gasteiger partial charge < -0.3 is 9.22 Å². The highest BCUT2D eigenvalue weighted by molar-refractivity contribution is 5.74. The second kappa shape index (κ2) is 14.7. The molecular formula is C21H44NO2+. The number of carbonyl (C=O) groups excluding carboxylic acids is 1. The number of likely N-dealkylation sites (N-methyl/N-ethyl adjacent to an activating group) is 1. The van der Waals surface area contributed by atoms with Gasteiger partial charge in [0, 0.05) is 6.42 Å². The van der Waals surface area contributed by atoms with Gasteiger partial charge in [-0.05, 0) is 12.8 Å². The van der Waals surface area contributed by atoms with Gasteiger partial charge in [-0.1, -0.05) is 78.1 Å². The first-order valence-electron chi connectivity index (χ1n) is 10.4. The molecule has 0 saturated carbocycles. The number of nitrogens with zero attached hydrogens (tertiary/aromatic N) is 1. The summed E-state index contributed by atoms with van der Waals surface area (Å²) in [5.41, 5.74) is 0. The molecule has 24 heavy (non-hydrogen) atoms. The summed E-state index contributed by atoms with van der Waals surface area (Å²) in [7, 11) is 6.31. The van der Waals surface area contributed by atoms with Gasteiger partial charge in [-0.25, -0.2) is 4.79 Å². The van der Waals surface area contributed by atoms with Crippen LogP contribution in [-0.4, -0.2) is 44.2 Å². The third kappa shape index (κ3) is 12.8. The molecule has 3 heteroatoms. The van der Waals surface area contributed by atoms with Gasteiger partial charge >= 0.3 is 5.97 Å². The van der Waals surface area contributed by atoms with Crippen LogP contribution in [-0.2, 0) is 9.53 Å². The number of unbranched alkanes of at least 4 members (excludes halogenated alkanes) is 10. The molecule has 0 aliphatic rings. The standard InChI is InChI=1S/C21H44NO2/c1-6-8-10-12-14-16-18-20(22(3,4)5)21(23)24-19-17-15-13-11-9-7-2/h20H,6-19H2,1-5H3/q+1. The summed E-state index contributed by atoms with van der Waals surface area (Å²) in [6.07, 6.45) is 15.9. The summed E-state index contributed by atoms with van der Waals surface area (Å²) in [6.45, 7) is 5.07. The Hall–Kier alpha value is -0.570. The molecule has 0 aromatic carbocycles.